The molecule has 2 N–H and O–H groups in total. The van der Waals surface area contributed by atoms with Crippen molar-refractivity contribution in [1.82, 2.24) is 5.32 Å². The minimum atomic E-state index is -0.229. The fourth-order valence-electron chi connectivity index (χ4n) is 2.93. The Morgan fingerprint density at radius 1 is 0.786 bits per heavy atom. The van der Waals surface area contributed by atoms with E-state index in [4.69, 9.17) is 0 Å². The van der Waals surface area contributed by atoms with Crippen LogP contribution < -0.4 is 10.6 Å². The summed E-state index contributed by atoms with van der Waals surface area (Å²) in [4.78, 5) is 25.0. The zero-order chi connectivity index (χ0) is 19.9. The van der Waals surface area contributed by atoms with Crippen LogP contribution in [0, 0.1) is 13.8 Å². The number of aryl methyl sites for hydroxylation is 2. The molecule has 0 heterocycles. The van der Waals surface area contributed by atoms with Gasteiger partial charge in [-0.3, -0.25) is 9.59 Å². The summed E-state index contributed by atoms with van der Waals surface area (Å²) in [7, 11) is 0. The van der Waals surface area contributed by atoms with Crippen LogP contribution in [0.5, 0.6) is 0 Å². The van der Waals surface area contributed by atoms with E-state index >= 15 is 0 Å². The SMILES string of the molecule is Cc1ccc(C)c(NC(=O)c2cccc(C(=O)NCCc3ccccc3)c2)c1. The van der Waals surface area contributed by atoms with Crippen molar-refractivity contribution in [1.29, 1.82) is 0 Å². The van der Waals surface area contributed by atoms with E-state index in [9.17, 15) is 9.59 Å². The van der Waals surface area contributed by atoms with Crippen molar-refractivity contribution in [3.63, 3.8) is 0 Å². The summed E-state index contributed by atoms with van der Waals surface area (Å²) in [6.07, 6.45) is 0.763. The molecule has 4 nitrogen and oxygen atoms in total. The first-order valence-electron chi connectivity index (χ1n) is 9.34. The Labute approximate surface area is 165 Å². The minimum absolute atomic E-state index is 0.183. The lowest BCUT2D eigenvalue weighted by Crippen LogP contribution is -2.26. The summed E-state index contributed by atoms with van der Waals surface area (Å²) in [6, 6.07) is 22.7. The van der Waals surface area contributed by atoms with E-state index in [-0.39, 0.29) is 11.8 Å². The van der Waals surface area contributed by atoms with Crippen LogP contribution in [-0.4, -0.2) is 18.4 Å². The Hall–Kier alpha value is -3.40. The van der Waals surface area contributed by atoms with Gasteiger partial charge in [-0.05, 0) is 61.2 Å². The number of amides is 2. The zero-order valence-electron chi connectivity index (χ0n) is 16.2. The van der Waals surface area contributed by atoms with Crippen LogP contribution in [0.1, 0.15) is 37.4 Å². The smallest absolute Gasteiger partial charge is 0.255 e. The Bertz CT molecular complexity index is 981. The van der Waals surface area contributed by atoms with Crippen molar-refractivity contribution in [2.75, 3.05) is 11.9 Å². The van der Waals surface area contributed by atoms with Gasteiger partial charge in [0, 0.05) is 23.4 Å². The van der Waals surface area contributed by atoms with Gasteiger partial charge in [-0.2, -0.15) is 0 Å². The highest BCUT2D eigenvalue weighted by molar-refractivity contribution is 6.06. The molecule has 3 rings (SSSR count). The monoisotopic (exact) mass is 372 g/mol. The quantitative estimate of drug-likeness (QED) is 0.668. The van der Waals surface area contributed by atoms with Crippen molar-refractivity contribution >= 4 is 17.5 Å². The maximum atomic E-state index is 12.6. The highest BCUT2D eigenvalue weighted by atomic mass is 16.2. The molecule has 0 aromatic heterocycles. The van der Waals surface area contributed by atoms with Gasteiger partial charge in [-0.1, -0.05) is 48.5 Å². The molecule has 0 aliphatic carbocycles. The highest BCUT2D eigenvalue weighted by Crippen LogP contribution is 2.18. The summed E-state index contributed by atoms with van der Waals surface area (Å²) in [5.74, 6) is -0.412. The van der Waals surface area contributed by atoms with Crippen LogP contribution in [0.2, 0.25) is 0 Å². The van der Waals surface area contributed by atoms with Gasteiger partial charge in [0.15, 0.2) is 0 Å². The second-order valence-electron chi connectivity index (χ2n) is 6.84. The first-order chi connectivity index (χ1) is 13.5. The average Bonchev–Trinajstić information content (AvgIpc) is 2.71. The molecule has 0 unspecified atom stereocenters. The largest absolute Gasteiger partial charge is 0.352 e. The minimum Gasteiger partial charge on any atom is -0.352 e. The number of carbonyl (C=O) groups is 2. The van der Waals surface area contributed by atoms with Crippen LogP contribution in [0.15, 0.2) is 72.8 Å². The molecule has 0 aliphatic rings. The van der Waals surface area contributed by atoms with E-state index in [1.54, 1.807) is 24.3 Å². The third kappa shape index (κ3) is 5.07. The number of benzene rings is 3. The molecule has 28 heavy (non-hydrogen) atoms. The molecule has 0 fully saturated rings. The van der Waals surface area contributed by atoms with E-state index in [1.807, 2.05) is 62.4 Å². The molecule has 142 valence electrons. The summed E-state index contributed by atoms with van der Waals surface area (Å²) in [5.41, 5.74) is 4.95. The van der Waals surface area contributed by atoms with Crippen LogP contribution in [0.4, 0.5) is 5.69 Å². The van der Waals surface area contributed by atoms with E-state index < -0.39 is 0 Å². The Morgan fingerprint density at radius 3 is 2.25 bits per heavy atom. The van der Waals surface area contributed by atoms with Crippen LogP contribution >= 0.6 is 0 Å². The summed E-state index contributed by atoms with van der Waals surface area (Å²) in [5, 5.41) is 5.84. The van der Waals surface area contributed by atoms with E-state index in [0.29, 0.717) is 17.7 Å². The van der Waals surface area contributed by atoms with E-state index in [2.05, 4.69) is 10.6 Å². The van der Waals surface area contributed by atoms with Gasteiger partial charge >= 0.3 is 0 Å². The molecule has 4 heteroatoms. The lowest BCUT2D eigenvalue weighted by molar-refractivity contribution is 0.0954. The first kappa shape index (κ1) is 19.4. The van der Waals surface area contributed by atoms with Crippen molar-refractivity contribution < 1.29 is 9.59 Å². The normalized spacial score (nSPS) is 10.4. The molecule has 0 saturated heterocycles. The molecule has 0 spiro atoms. The number of hydrogen-bond donors (Lipinski definition) is 2. The van der Waals surface area contributed by atoms with Gasteiger partial charge in [-0.25, -0.2) is 0 Å². The van der Waals surface area contributed by atoms with Gasteiger partial charge in [0.05, 0.1) is 0 Å². The van der Waals surface area contributed by atoms with Gasteiger partial charge in [0.25, 0.3) is 11.8 Å². The maximum absolute atomic E-state index is 12.6. The zero-order valence-corrected chi connectivity index (χ0v) is 16.2. The van der Waals surface area contributed by atoms with Crippen LogP contribution in [-0.2, 0) is 6.42 Å². The summed E-state index contributed by atoms with van der Waals surface area (Å²) < 4.78 is 0. The van der Waals surface area contributed by atoms with Crippen molar-refractivity contribution in [3.05, 3.63) is 101 Å². The van der Waals surface area contributed by atoms with Crippen molar-refractivity contribution in [3.8, 4) is 0 Å². The number of anilines is 1. The van der Waals surface area contributed by atoms with Crippen molar-refractivity contribution in [2.45, 2.75) is 20.3 Å². The van der Waals surface area contributed by atoms with Crippen LogP contribution in [0.3, 0.4) is 0 Å². The second kappa shape index (κ2) is 9.00. The first-order valence-corrected chi connectivity index (χ1v) is 9.34. The third-order valence-corrected chi connectivity index (χ3v) is 4.57. The molecule has 0 aliphatic heterocycles. The molecule has 2 amide bonds. The van der Waals surface area contributed by atoms with Gasteiger partial charge in [0.1, 0.15) is 0 Å². The molecule has 3 aromatic rings. The van der Waals surface area contributed by atoms with E-state index in [0.717, 1.165) is 23.2 Å². The molecule has 0 radical (unpaired) electrons. The maximum Gasteiger partial charge on any atom is 0.255 e. The molecular weight excluding hydrogens is 348 g/mol. The molecule has 0 bridgehead atoms. The molecular formula is C24H24N2O2. The Kier molecular flexibility index (Phi) is 6.22. The topological polar surface area (TPSA) is 58.2 Å². The second-order valence-corrected chi connectivity index (χ2v) is 6.84. The predicted molar refractivity (Wildman–Crippen MR) is 113 cm³/mol. The molecule has 0 saturated carbocycles. The molecule has 0 atom stereocenters. The van der Waals surface area contributed by atoms with E-state index in [1.165, 1.54) is 5.56 Å². The lowest BCUT2D eigenvalue weighted by Gasteiger charge is -2.10. The number of nitrogens with one attached hydrogen (secondary N) is 2. The molecule has 3 aromatic carbocycles. The number of hydrogen-bond acceptors (Lipinski definition) is 2. The van der Waals surface area contributed by atoms with Gasteiger partial charge < -0.3 is 10.6 Å². The van der Waals surface area contributed by atoms with Crippen LogP contribution in [0.25, 0.3) is 0 Å². The fourth-order valence-corrected chi connectivity index (χ4v) is 2.93. The summed E-state index contributed by atoms with van der Waals surface area (Å²) in [6.45, 7) is 4.48. The Morgan fingerprint density at radius 2 is 1.50 bits per heavy atom. The fraction of sp³-hybridized carbons (Fsp3) is 0.167. The number of carbonyl (C=O) groups excluding carboxylic acids is 2. The number of rotatable bonds is 6. The lowest BCUT2D eigenvalue weighted by atomic mass is 10.1. The highest BCUT2D eigenvalue weighted by Gasteiger charge is 2.11. The third-order valence-electron chi connectivity index (χ3n) is 4.57. The standard InChI is InChI=1S/C24H24N2O2/c1-17-11-12-18(2)22(15-17)26-24(28)21-10-6-9-20(16-21)23(27)25-14-13-19-7-4-3-5-8-19/h3-12,15-16H,13-14H2,1-2H3,(H,25,27)(H,26,28). The van der Waals surface area contributed by atoms with Gasteiger partial charge in [0.2, 0.25) is 0 Å². The summed E-state index contributed by atoms with van der Waals surface area (Å²) >= 11 is 0. The average molecular weight is 372 g/mol. The van der Waals surface area contributed by atoms with Crippen molar-refractivity contribution in [2.24, 2.45) is 0 Å². The predicted octanol–water partition coefficient (Wildman–Crippen LogP) is 4.53. The Balaban J connectivity index is 1.63. The van der Waals surface area contributed by atoms with Gasteiger partial charge in [-0.15, -0.1) is 0 Å².